The van der Waals surface area contributed by atoms with Crippen LogP contribution in [0.4, 0.5) is 0 Å². The maximum atomic E-state index is 12.7. The molecular weight excluding hydrogens is 570 g/mol. The molecule has 220 valence electrons. The Labute approximate surface area is 251 Å². The van der Waals surface area contributed by atoms with Crippen molar-refractivity contribution in [1.29, 1.82) is 0 Å². The minimum atomic E-state index is -3.61. The van der Waals surface area contributed by atoms with Crippen molar-refractivity contribution in [2.24, 2.45) is 0 Å². The van der Waals surface area contributed by atoms with Gasteiger partial charge in [-0.25, -0.2) is 13.1 Å². The van der Waals surface area contributed by atoms with Gasteiger partial charge in [-0.1, -0.05) is 78.9 Å². The average Bonchev–Trinajstić information content (AvgIpc) is 3.04. The molecule has 0 aliphatic carbocycles. The van der Waals surface area contributed by atoms with Crippen LogP contribution in [-0.2, 0) is 32.6 Å². The van der Waals surface area contributed by atoms with Gasteiger partial charge in [0.1, 0.15) is 0 Å². The lowest BCUT2D eigenvalue weighted by atomic mass is 9.99. The zero-order valence-corrected chi connectivity index (χ0v) is 24.8. The number of nitrogens with one attached hydrogen (secondary N) is 1. The summed E-state index contributed by atoms with van der Waals surface area (Å²) in [5.41, 5.74) is 5.52. The molecule has 1 aliphatic heterocycles. The molecule has 3 atom stereocenters. The van der Waals surface area contributed by atoms with Gasteiger partial charge < -0.3 is 19.7 Å². The Kier molecular flexibility index (Phi) is 10.5. The quantitative estimate of drug-likeness (QED) is 0.181. The van der Waals surface area contributed by atoms with Crippen molar-refractivity contribution in [3.05, 3.63) is 125 Å². The fraction of sp³-hybridized carbons (Fsp3) is 0.273. The molecular formula is C33H35NO6S2. The number of hydrogen-bond acceptors (Lipinski definition) is 7. The van der Waals surface area contributed by atoms with Crippen molar-refractivity contribution in [2.45, 2.75) is 43.0 Å². The second kappa shape index (κ2) is 14.4. The Morgan fingerprint density at radius 3 is 2.26 bits per heavy atom. The van der Waals surface area contributed by atoms with E-state index in [0.717, 1.165) is 39.1 Å². The van der Waals surface area contributed by atoms with Crippen LogP contribution in [-0.4, -0.2) is 42.8 Å². The Bertz CT molecular complexity index is 1550. The molecule has 42 heavy (non-hydrogen) atoms. The Morgan fingerprint density at radius 1 is 0.786 bits per heavy atom. The number of aliphatic hydroxyl groups excluding tert-OH is 2. The largest absolute Gasteiger partial charge is 0.396 e. The SMILES string of the molecule is O=S(=O)(NCc1cccc(-c2cccc(C3OC(CSCCO)CC(c4ccc(CO)cc4)O3)c2)c1)c1ccccc1. The highest BCUT2D eigenvalue weighted by molar-refractivity contribution is 7.99. The zero-order chi connectivity index (χ0) is 29.4. The van der Waals surface area contributed by atoms with Crippen LogP contribution in [0, 0.1) is 0 Å². The lowest BCUT2D eigenvalue weighted by molar-refractivity contribution is -0.245. The van der Waals surface area contributed by atoms with Crippen LogP contribution in [0.2, 0.25) is 0 Å². The number of thioether (sulfide) groups is 1. The molecule has 4 aromatic rings. The van der Waals surface area contributed by atoms with Crippen LogP contribution >= 0.6 is 11.8 Å². The number of hydrogen-bond donors (Lipinski definition) is 3. The second-order valence-corrected chi connectivity index (χ2v) is 13.0. The van der Waals surface area contributed by atoms with Crippen molar-refractivity contribution in [2.75, 3.05) is 18.1 Å². The van der Waals surface area contributed by atoms with E-state index >= 15 is 0 Å². The predicted octanol–water partition coefficient (Wildman–Crippen LogP) is 5.60. The molecule has 0 saturated carbocycles. The third kappa shape index (κ3) is 7.87. The number of ether oxygens (including phenoxy) is 2. The van der Waals surface area contributed by atoms with Gasteiger partial charge in [-0.3, -0.25) is 0 Å². The Hall–Kier alpha value is -3.02. The number of aliphatic hydroxyl groups is 2. The molecule has 1 heterocycles. The first-order valence-corrected chi connectivity index (χ1v) is 16.5. The number of sulfonamides is 1. The fourth-order valence-electron chi connectivity index (χ4n) is 4.89. The van der Waals surface area contributed by atoms with Crippen molar-refractivity contribution in [1.82, 2.24) is 4.72 Å². The highest BCUT2D eigenvalue weighted by Crippen LogP contribution is 2.39. The smallest absolute Gasteiger partial charge is 0.240 e. The summed E-state index contributed by atoms with van der Waals surface area (Å²) >= 11 is 1.65. The lowest BCUT2D eigenvalue weighted by Gasteiger charge is -2.36. The molecule has 7 nitrogen and oxygen atoms in total. The molecule has 1 saturated heterocycles. The van der Waals surface area contributed by atoms with Crippen LogP contribution in [0.1, 0.15) is 41.1 Å². The van der Waals surface area contributed by atoms with Gasteiger partial charge in [0.25, 0.3) is 0 Å². The minimum absolute atomic E-state index is 0.00907. The molecule has 0 aromatic heterocycles. The Morgan fingerprint density at radius 2 is 1.52 bits per heavy atom. The molecule has 0 spiro atoms. The summed E-state index contributed by atoms with van der Waals surface area (Å²) in [5, 5.41) is 18.7. The predicted molar refractivity (Wildman–Crippen MR) is 165 cm³/mol. The summed E-state index contributed by atoms with van der Waals surface area (Å²) in [6.07, 6.45) is -0.135. The van der Waals surface area contributed by atoms with Gasteiger partial charge in [0.15, 0.2) is 6.29 Å². The van der Waals surface area contributed by atoms with E-state index in [1.807, 2.05) is 72.8 Å². The summed E-state index contributed by atoms with van der Waals surface area (Å²) in [7, 11) is -3.61. The molecule has 0 bridgehead atoms. The minimum Gasteiger partial charge on any atom is -0.396 e. The van der Waals surface area contributed by atoms with E-state index in [9.17, 15) is 18.6 Å². The van der Waals surface area contributed by atoms with Crippen molar-refractivity contribution >= 4 is 21.8 Å². The molecule has 5 rings (SSSR count). The third-order valence-corrected chi connectivity index (χ3v) is 9.59. The van der Waals surface area contributed by atoms with Crippen LogP contribution in [0.25, 0.3) is 11.1 Å². The van der Waals surface area contributed by atoms with E-state index in [0.29, 0.717) is 12.2 Å². The monoisotopic (exact) mass is 605 g/mol. The highest BCUT2D eigenvalue weighted by atomic mass is 32.2. The Balaban J connectivity index is 1.34. The second-order valence-electron chi connectivity index (χ2n) is 10.1. The van der Waals surface area contributed by atoms with Crippen LogP contribution in [0.15, 0.2) is 108 Å². The van der Waals surface area contributed by atoms with E-state index in [2.05, 4.69) is 4.72 Å². The molecule has 1 fully saturated rings. The number of benzene rings is 4. The lowest BCUT2D eigenvalue weighted by Crippen LogP contribution is -2.31. The molecule has 3 unspecified atom stereocenters. The van der Waals surface area contributed by atoms with Gasteiger partial charge in [-0.05, 0) is 52.1 Å². The molecule has 9 heteroatoms. The molecule has 0 amide bonds. The standard InChI is InChI=1S/C33H35NO6S2/c35-16-17-41-23-30-20-32(26-14-12-24(22-36)13-15-26)40-33(39-30)29-9-5-8-28(19-29)27-7-4-6-25(18-27)21-34-42(37,38)31-10-2-1-3-11-31/h1-15,18-19,30,32-36H,16-17,20-23H2. The molecule has 3 N–H and O–H groups in total. The van der Waals surface area contributed by atoms with Gasteiger partial charge in [0.05, 0.1) is 30.3 Å². The summed E-state index contributed by atoms with van der Waals surface area (Å²) < 4.78 is 40.9. The first-order chi connectivity index (χ1) is 20.4. The van der Waals surface area contributed by atoms with E-state index in [1.165, 1.54) is 0 Å². The van der Waals surface area contributed by atoms with E-state index in [1.54, 1.807) is 42.1 Å². The fourth-order valence-corrected chi connectivity index (χ4v) is 6.70. The van der Waals surface area contributed by atoms with Gasteiger partial charge in [-0.15, -0.1) is 0 Å². The van der Waals surface area contributed by atoms with Gasteiger partial charge in [0, 0.05) is 30.0 Å². The van der Waals surface area contributed by atoms with Crippen molar-refractivity contribution in [3.8, 4) is 11.1 Å². The van der Waals surface area contributed by atoms with Crippen LogP contribution in [0.3, 0.4) is 0 Å². The first kappa shape index (κ1) is 30.4. The summed E-state index contributed by atoms with van der Waals surface area (Å²) in [4.78, 5) is 0.233. The molecule has 0 radical (unpaired) electrons. The van der Waals surface area contributed by atoms with Crippen LogP contribution in [0.5, 0.6) is 0 Å². The van der Waals surface area contributed by atoms with Crippen molar-refractivity contribution in [3.63, 3.8) is 0 Å². The average molecular weight is 606 g/mol. The molecule has 4 aromatic carbocycles. The van der Waals surface area contributed by atoms with Gasteiger partial charge in [0.2, 0.25) is 10.0 Å². The normalized spacial score (nSPS) is 19.0. The summed E-state index contributed by atoms with van der Waals surface area (Å²) in [6, 6.07) is 31.9. The number of rotatable bonds is 12. The van der Waals surface area contributed by atoms with E-state index in [-0.39, 0.29) is 36.9 Å². The maximum Gasteiger partial charge on any atom is 0.240 e. The highest BCUT2D eigenvalue weighted by Gasteiger charge is 2.32. The van der Waals surface area contributed by atoms with E-state index < -0.39 is 16.3 Å². The van der Waals surface area contributed by atoms with Crippen LogP contribution < -0.4 is 4.72 Å². The van der Waals surface area contributed by atoms with Gasteiger partial charge >= 0.3 is 0 Å². The van der Waals surface area contributed by atoms with E-state index in [4.69, 9.17) is 9.47 Å². The zero-order valence-electron chi connectivity index (χ0n) is 23.1. The maximum absolute atomic E-state index is 12.7. The molecule has 1 aliphatic rings. The summed E-state index contributed by atoms with van der Waals surface area (Å²) in [5.74, 6) is 1.39. The summed E-state index contributed by atoms with van der Waals surface area (Å²) in [6.45, 7) is 0.284. The topological polar surface area (TPSA) is 105 Å². The van der Waals surface area contributed by atoms with Crippen molar-refractivity contribution < 1.29 is 28.1 Å². The first-order valence-electron chi connectivity index (χ1n) is 13.9. The van der Waals surface area contributed by atoms with Gasteiger partial charge in [-0.2, -0.15) is 11.8 Å². The third-order valence-electron chi connectivity index (χ3n) is 7.09.